The van der Waals surface area contributed by atoms with Gasteiger partial charge in [0.1, 0.15) is 6.10 Å². The highest BCUT2D eigenvalue weighted by molar-refractivity contribution is 5.83. The van der Waals surface area contributed by atoms with Gasteiger partial charge in [-0.3, -0.25) is 4.79 Å². The predicted octanol–water partition coefficient (Wildman–Crippen LogP) is 0.923. The first-order valence-corrected chi connectivity index (χ1v) is 6.85. The first-order chi connectivity index (χ1) is 8.66. The lowest BCUT2D eigenvalue weighted by atomic mass is 10.0. The number of carbonyl (C=O) groups is 2. The Hall–Kier alpha value is -1.10. The molecule has 0 bridgehead atoms. The van der Waals surface area contributed by atoms with E-state index < -0.39 is 18.2 Å². The number of carbonyl (C=O) groups excluding carboxylic acids is 1. The minimum absolute atomic E-state index is 0.113. The maximum atomic E-state index is 12.0. The quantitative estimate of drug-likeness (QED) is 0.784. The lowest BCUT2D eigenvalue weighted by molar-refractivity contribution is -0.151. The van der Waals surface area contributed by atoms with E-state index >= 15 is 0 Å². The minimum atomic E-state index is -0.967. The molecular formula is C13H19NO4. The third-order valence-electron chi connectivity index (χ3n) is 4.55. The van der Waals surface area contributed by atoms with Crippen molar-refractivity contribution in [1.82, 2.24) is 5.32 Å². The van der Waals surface area contributed by atoms with Crippen molar-refractivity contribution in [1.29, 1.82) is 0 Å². The van der Waals surface area contributed by atoms with Gasteiger partial charge in [-0.05, 0) is 37.5 Å². The van der Waals surface area contributed by atoms with Crippen LogP contribution in [0.4, 0.5) is 0 Å². The van der Waals surface area contributed by atoms with Crippen LogP contribution in [0.3, 0.4) is 0 Å². The van der Waals surface area contributed by atoms with Crippen molar-refractivity contribution in [3.05, 3.63) is 0 Å². The van der Waals surface area contributed by atoms with E-state index in [-0.39, 0.29) is 5.91 Å². The zero-order chi connectivity index (χ0) is 12.7. The first-order valence-electron chi connectivity index (χ1n) is 6.85. The Morgan fingerprint density at radius 1 is 1.00 bits per heavy atom. The molecule has 4 atom stereocenters. The number of ether oxygens (including phenoxy) is 1. The number of aliphatic carboxylic acids is 1. The number of fused-ring (bicyclic) bond motifs is 1. The molecule has 3 fully saturated rings. The molecule has 0 aromatic rings. The third kappa shape index (κ3) is 2.11. The Bertz CT molecular complexity index is 358. The number of rotatable bonds is 3. The van der Waals surface area contributed by atoms with Gasteiger partial charge in [0, 0.05) is 6.04 Å². The monoisotopic (exact) mass is 253 g/mol. The van der Waals surface area contributed by atoms with Gasteiger partial charge in [-0.15, -0.1) is 0 Å². The third-order valence-corrected chi connectivity index (χ3v) is 4.55. The molecule has 2 N–H and O–H groups in total. The van der Waals surface area contributed by atoms with Crippen molar-refractivity contribution in [2.24, 2.45) is 11.8 Å². The standard InChI is InChI=1S/C13H19NO4/c15-12(9-5-6-10(18-9)13(16)17)14-11-7-3-1-2-4-8(7)11/h7-11H,1-6H2,(H,14,15)(H,16,17)/t7?,8?,9-,10+,11?/m0/s1. The van der Waals surface area contributed by atoms with E-state index in [4.69, 9.17) is 9.84 Å². The molecule has 1 heterocycles. The van der Waals surface area contributed by atoms with Crippen molar-refractivity contribution in [3.63, 3.8) is 0 Å². The highest BCUT2D eigenvalue weighted by atomic mass is 16.5. The van der Waals surface area contributed by atoms with Crippen LogP contribution >= 0.6 is 0 Å². The Labute approximate surface area is 106 Å². The molecule has 3 aliphatic rings. The number of amides is 1. The van der Waals surface area contributed by atoms with E-state index in [9.17, 15) is 9.59 Å². The molecule has 2 saturated carbocycles. The second-order valence-electron chi connectivity index (χ2n) is 5.68. The topological polar surface area (TPSA) is 75.6 Å². The van der Waals surface area contributed by atoms with Crippen molar-refractivity contribution in [2.45, 2.75) is 56.8 Å². The molecule has 3 rings (SSSR count). The van der Waals surface area contributed by atoms with E-state index in [0.717, 1.165) is 0 Å². The molecule has 1 aliphatic heterocycles. The van der Waals surface area contributed by atoms with Crippen molar-refractivity contribution in [3.8, 4) is 0 Å². The second kappa shape index (κ2) is 4.53. The Morgan fingerprint density at radius 2 is 1.61 bits per heavy atom. The predicted molar refractivity (Wildman–Crippen MR) is 62.9 cm³/mol. The number of hydrogen-bond acceptors (Lipinski definition) is 3. The summed E-state index contributed by atoms with van der Waals surface area (Å²) in [4.78, 5) is 22.7. The van der Waals surface area contributed by atoms with Gasteiger partial charge in [-0.2, -0.15) is 0 Å². The molecule has 100 valence electrons. The molecule has 0 radical (unpaired) electrons. The van der Waals surface area contributed by atoms with Crippen LogP contribution in [0, 0.1) is 11.8 Å². The molecule has 1 saturated heterocycles. The van der Waals surface area contributed by atoms with Gasteiger partial charge in [-0.1, -0.05) is 12.8 Å². The van der Waals surface area contributed by atoms with Crippen LogP contribution in [0.2, 0.25) is 0 Å². The SMILES string of the molecule is O=C(NC1C2CCCCC21)[C@@H]1CC[C@H](C(=O)O)O1. The van der Waals surface area contributed by atoms with Crippen LogP contribution in [0.25, 0.3) is 0 Å². The molecule has 5 heteroatoms. The summed E-state index contributed by atoms with van der Waals surface area (Å²) in [6.07, 6.45) is 4.58. The van der Waals surface area contributed by atoms with E-state index in [1.807, 2.05) is 0 Å². The number of carboxylic acid groups (broad SMARTS) is 1. The summed E-state index contributed by atoms with van der Waals surface area (Å²) in [7, 11) is 0. The van der Waals surface area contributed by atoms with Gasteiger partial charge in [0.15, 0.2) is 6.10 Å². The molecule has 18 heavy (non-hydrogen) atoms. The summed E-state index contributed by atoms with van der Waals surface area (Å²) < 4.78 is 5.26. The average molecular weight is 253 g/mol. The summed E-state index contributed by atoms with van der Waals surface area (Å²) in [6.45, 7) is 0. The highest BCUT2D eigenvalue weighted by Gasteiger charge is 2.52. The Kier molecular flexibility index (Phi) is 3.01. The fraction of sp³-hybridized carbons (Fsp3) is 0.846. The van der Waals surface area contributed by atoms with Gasteiger partial charge >= 0.3 is 5.97 Å². The van der Waals surface area contributed by atoms with E-state index in [1.165, 1.54) is 25.7 Å². The fourth-order valence-corrected chi connectivity index (χ4v) is 3.48. The average Bonchev–Trinajstić information content (AvgIpc) is 2.85. The Balaban J connectivity index is 1.49. The molecule has 0 aromatic carbocycles. The summed E-state index contributed by atoms with van der Waals surface area (Å²) in [5, 5.41) is 11.9. The van der Waals surface area contributed by atoms with Crippen molar-refractivity contribution in [2.75, 3.05) is 0 Å². The minimum Gasteiger partial charge on any atom is -0.479 e. The van der Waals surface area contributed by atoms with Crippen molar-refractivity contribution < 1.29 is 19.4 Å². The molecule has 2 unspecified atom stereocenters. The number of hydrogen-bond donors (Lipinski definition) is 2. The second-order valence-corrected chi connectivity index (χ2v) is 5.68. The summed E-state index contributed by atoms with van der Waals surface area (Å²) in [5.41, 5.74) is 0. The Morgan fingerprint density at radius 3 is 2.17 bits per heavy atom. The van der Waals surface area contributed by atoms with Gasteiger partial charge in [0.05, 0.1) is 0 Å². The van der Waals surface area contributed by atoms with Gasteiger partial charge in [-0.25, -0.2) is 4.79 Å². The van der Waals surface area contributed by atoms with Gasteiger partial charge in [0.2, 0.25) is 5.91 Å². The van der Waals surface area contributed by atoms with E-state index in [0.29, 0.717) is 30.7 Å². The zero-order valence-corrected chi connectivity index (χ0v) is 10.3. The van der Waals surface area contributed by atoms with Crippen LogP contribution in [-0.4, -0.2) is 35.2 Å². The normalized spacial score (nSPS) is 42.1. The fourth-order valence-electron chi connectivity index (χ4n) is 3.48. The lowest BCUT2D eigenvalue weighted by Gasteiger charge is -2.11. The van der Waals surface area contributed by atoms with Crippen LogP contribution < -0.4 is 5.32 Å². The van der Waals surface area contributed by atoms with Crippen LogP contribution in [0.15, 0.2) is 0 Å². The summed E-state index contributed by atoms with van der Waals surface area (Å²) >= 11 is 0. The van der Waals surface area contributed by atoms with Gasteiger partial charge in [0.25, 0.3) is 0 Å². The van der Waals surface area contributed by atoms with Crippen LogP contribution in [-0.2, 0) is 14.3 Å². The maximum Gasteiger partial charge on any atom is 0.332 e. The molecule has 2 aliphatic carbocycles. The van der Waals surface area contributed by atoms with E-state index in [2.05, 4.69) is 5.32 Å². The molecular weight excluding hydrogens is 234 g/mol. The van der Waals surface area contributed by atoms with Crippen LogP contribution in [0.1, 0.15) is 38.5 Å². The zero-order valence-electron chi connectivity index (χ0n) is 10.3. The van der Waals surface area contributed by atoms with Crippen molar-refractivity contribution >= 4 is 11.9 Å². The highest BCUT2D eigenvalue weighted by Crippen LogP contribution is 2.49. The summed E-state index contributed by atoms with van der Waals surface area (Å²) in [6, 6.07) is 0.326. The molecule has 0 spiro atoms. The van der Waals surface area contributed by atoms with E-state index in [1.54, 1.807) is 0 Å². The maximum absolute atomic E-state index is 12.0. The first kappa shape index (κ1) is 12.0. The van der Waals surface area contributed by atoms with Crippen LogP contribution in [0.5, 0.6) is 0 Å². The lowest BCUT2D eigenvalue weighted by Crippen LogP contribution is -2.37. The molecule has 5 nitrogen and oxygen atoms in total. The van der Waals surface area contributed by atoms with Gasteiger partial charge < -0.3 is 15.2 Å². The largest absolute Gasteiger partial charge is 0.479 e. The molecule has 0 aromatic heterocycles. The smallest absolute Gasteiger partial charge is 0.332 e. The number of carboxylic acids is 1. The number of nitrogens with one attached hydrogen (secondary N) is 1. The molecule has 1 amide bonds. The summed E-state index contributed by atoms with van der Waals surface area (Å²) in [5.74, 6) is 0.252.